The Hall–Kier alpha value is -1.51. The normalized spacial score (nSPS) is 40.8. The Balaban J connectivity index is 1.57. The minimum atomic E-state index is -4.91. The predicted molar refractivity (Wildman–Crippen MR) is 160 cm³/mol. The van der Waals surface area contributed by atoms with Crippen molar-refractivity contribution in [2.75, 3.05) is 13.4 Å². The van der Waals surface area contributed by atoms with E-state index in [0.29, 0.717) is 5.57 Å². The summed E-state index contributed by atoms with van der Waals surface area (Å²) < 4.78 is 33.3. The molecule has 45 heavy (non-hydrogen) atoms. The largest absolute Gasteiger partial charge is 0.471 e. The fourth-order valence-corrected chi connectivity index (χ4v) is 9.67. The highest BCUT2D eigenvalue weighted by atomic mass is 32.1. The predicted octanol–water partition coefficient (Wildman–Crippen LogP) is 2.76. The third kappa shape index (κ3) is 5.31. The lowest BCUT2D eigenvalue weighted by atomic mass is 9.43. The first-order valence-electron chi connectivity index (χ1n) is 15.0. The Bertz CT molecular complexity index is 1400. The molecule has 3 aliphatic carbocycles. The Morgan fingerprint density at radius 3 is 2.49 bits per heavy atom. The first-order chi connectivity index (χ1) is 20.7. The van der Waals surface area contributed by atoms with Gasteiger partial charge in [0.1, 0.15) is 17.8 Å². The van der Waals surface area contributed by atoms with Crippen molar-refractivity contribution in [3.8, 4) is 0 Å². The van der Waals surface area contributed by atoms with E-state index in [1.165, 1.54) is 18.3 Å². The molecular weight excluding hydrogens is 627 g/mol. The number of hydrogen-bond donors (Lipinski definition) is 5. The Morgan fingerprint density at radius 1 is 1.27 bits per heavy atom. The summed E-state index contributed by atoms with van der Waals surface area (Å²) in [5, 5.41) is 38.6. The molecule has 0 amide bonds. The van der Waals surface area contributed by atoms with E-state index in [9.17, 15) is 39.3 Å². The summed E-state index contributed by atoms with van der Waals surface area (Å²) in [7, 11) is -4.91. The number of thiophene rings is 1. The van der Waals surface area contributed by atoms with E-state index in [2.05, 4.69) is 4.52 Å². The van der Waals surface area contributed by atoms with Crippen molar-refractivity contribution in [2.45, 2.75) is 95.9 Å². The zero-order valence-corrected chi connectivity index (χ0v) is 27.9. The van der Waals surface area contributed by atoms with Crippen LogP contribution in [0.3, 0.4) is 0 Å². The molecule has 14 heteroatoms. The van der Waals surface area contributed by atoms with Crippen LogP contribution in [0.1, 0.15) is 65.2 Å². The van der Waals surface area contributed by atoms with Crippen LogP contribution >= 0.6 is 19.2 Å². The number of phosphoric ester groups is 1. The third-order valence-electron chi connectivity index (χ3n) is 11.4. The lowest BCUT2D eigenvalue weighted by Gasteiger charge is -2.67. The Morgan fingerprint density at radius 2 is 1.93 bits per heavy atom. The Labute approximate surface area is 267 Å². The van der Waals surface area contributed by atoms with Crippen molar-refractivity contribution in [3.05, 3.63) is 40.5 Å². The lowest BCUT2D eigenvalue weighted by Crippen LogP contribution is -2.79. The van der Waals surface area contributed by atoms with Crippen LogP contribution < -0.4 is 0 Å². The van der Waals surface area contributed by atoms with Gasteiger partial charge in [0.25, 0.3) is 0 Å². The molecule has 1 saturated heterocycles. The summed E-state index contributed by atoms with van der Waals surface area (Å²) in [4.78, 5) is 47.2. The van der Waals surface area contributed by atoms with E-state index >= 15 is 0 Å². The average molecular weight is 671 g/mol. The second-order valence-electron chi connectivity index (χ2n) is 13.8. The third-order valence-corrected chi connectivity index (χ3v) is 12.8. The van der Waals surface area contributed by atoms with Crippen LogP contribution in [0.4, 0.5) is 0 Å². The second-order valence-corrected chi connectivity index (χ2v) is 16.1. The molecule has 4 aliphatic rings. The molecule has 12 nitrogen and oxygen atoms in total. The maximum absolute atomic E-state index is 14.6. The average Bonchev–Trinajstić information content (AvgIpc) is 3.49. The van der Waals surface area contributed by atoms with E-state index < -0.39 is 96.5 Å². The quantitative estimate of drug-likeness (QED) is 0.118. The number of ketones is 1. The molecule has 2 heterocycles. The number of aliphatic hydroxyl groups is 3. The SMILES string of the molecule is [CH][C@@H](c1cccs1)[C@@H](C)C(=O)OC1CC2(O)C(C)C3C4(O)COC4CC(OCOP(=O)(O)O)[C@@]3(C)C(=O)C(O)C(=C1C)C2(C)C. The van der Waals surface area contributed by atoms with E-state index in [-0.39, 0.29) is 25.0 Å². The van der Waals surface area contributed by atoms with E-state index in [4.69, 9.17) is 21.1 Å². The molecule has 1 aliphatic heterocycles. The standard InChI is InChI=1S/C31H43O12PS/c1-15(20-9-8-10-45-20)16(2)27(34)43-19-12-31(36)18(4)25-29(7,26(33)24(32)23(17(19)3)28(31,5)6)21(41-14-42-44(37,38)39)11-22-30(25,35)13-40-22/h1,8-10,15-16,18-19,21-22,24-25,32,35-36H,11-14H2,2-7H3,(H2,37,38,39)/t15-,16-,18?,19?,21?,22?,24?,25?,29-,30?,31?/m1/s1. The van der Waals surface area contributed by atoms with Gasteiger partial charge < -0.3 is 39.3 Å². The maximum atomic E-state index is 14.6. The van der Waals surface area contributed by atoms with Gasteiger partial charge in [0.15, 0.2) is 12.6 Å². The molecule has 2 bridgehead atoms. The zero-order chi connectivity index (χ0) is 33.5. The highest BCUT2D eigenvalue weighted by Gasteiger charge is 2.74. The van der Waals surface area contributed by atoms with Crippen LogP contribution in [0.2, 0.25) is 0 Å². The molecule has 2 radical (unpaired) electrons. The van der Waals surface area contributed by atoms with Crippen LogP contribution in [-0.2, 0) is 32.9 Å². The molecule has 1 aromatic rings. The number of esters is 1. The smallest absolute Gasteiger partial charge is 0.457 e. The number of carbonyl (C=O) groups is 2. The topological polar surface area (TPSA) is 189 Å². The molecule has 0 spiro atoms. The van der Waals surface area contributed by atoms with Gasteiger partial charge >= 0.3 is 13.8 Å². The summed E-state index contributed by atoms with van der Waals surface area (Å²) in [6, 6.07) is 3.67. The molecule has 8 unspecified atom stereocenters. The van der Waals surface area contributed by atoms with Gasteiger partial charge in [-0.05, 0) is 49.3 Å². The number of hydrogen-bond acceptors (Lipinski definition) is 11. The summed E-state index contributed by atoms with van der Waals surface area (Å²) in [6.45, 7) is 15.4. The van der Waals surface area contributed by atoms with Crippen molar-refractivity contribution < 1.29 is 58.0 Å². The maximum Gasteiger partial charge on any atom is 0.471 e. The van der Waals surface area contributed by atoms with E-state index in [1.54, 1.807) is 34.6 Å². The number of Topliss-reactive ketones (excluding diaryl/α,β-unsaturated/α-hetero) is 1. The second kappa shape index (κ2) is 11.6. The number of carbonyl (C=O) groups excluding carboxylic acids is 2. The number of rotatable bonds is 8. The first kappa shape index (κ1) is 34.8. The minimum Gasteiger partial charge on any atom is -0.457 e. The van der Waals surface area contributed by atoms with Crippen molar-refractivity contribution in [1.82, 2.24) is 0 Å². The molecule has 5 rings (SSSR count). The van der Waals surface area contributed by atoms with Crippen LogP contribution in [0, 0.1) is 35.5 Å². The molecule has 11 atom stereocenters. The molecule has 5 N–H and O–H groups in total. The van der Waals surface area contributed by atoms with Gasteiger partial charge in [-0.1, -0.05) is 33.8 Å². The van der Waals surface area contributed by atoms with Crippen molar-refractivity contribution in [1.29, 1.82) is 0 Å². The molecule has 0 aromatic carbocycles. The summed E-state index contributed by atoms with van der Waals surface area (Å²) in [5.41, 5.74) is -5.59. The molecule has 2 saturated carbocycles. The minimum absolute atomic E-state index is 0.0261. The van der Waals surface area contributed by atoms with Crippen LogP contribution in [-0.4, -0.2) is 85.9 Å². The highest BCUT2D eigenvalue weighted by molar-refractivity contribution is 7.46. The van der Waals surface area contributed by atoms with Gasteiger partial charge in [-0.15, -0.1) is 11.3 Å². The molecular formula is C31H43O12PS. The molecule has 250 valence electrons. The van der Waals surface area contributed by atoms with Crippen molar-refractivity contribution in [2.24, 2.45) is 28.6 Å². The van der Waals surface area contributed by atoms with E-state index in [0.717, 1.165) is 4.88 Å². The van der Waals surface area contributed by atoms with Crippen LogP contribution in [0.5, 0.6) is 0 Å². The van der Waals surface area contributed by atoms with Crippen LogP contribution in [0.15, 0.2) is 28.7 Å². The highest BCUT2D eigenvalue weighted by Crippen LogP contribution is 2.65. The number of fused-ring (bicyclic) bond motifs is 5. The monoisotopic (exact) mass is 670 g/mol. The van der Waals surface area contributed by atoms with Gasteiger partial charge in [-0.2, -0.15) is 0 Å². The van der Waals surface area contributed by atoms with Crippen molar-refractivity contribution >= 4 is 30.9 Å². The fourth-order valence-electron chi connectivity index (χ4n) is 8.64. The van der Waals surface area contributed by atoms with Gasteiger partial charge in [0.05, 0.1) is 35.7 Å². The summed E-state index contributed by atoms with van der Waals surface area (Å²) in [6.07, 6.45) is -4.85. The summed E-state index contributed by atoms with van der Waals surface area (Å²) in [5.74, 6) is -4.57. The Kier molecular flexibility index (Phi) is 8.96. The zero-order valence-electron chi connectivity index (χ0n) is 26.2. The van der Waals surface area contributed by atoms with Gasteiger partial charge in [0.2, 0.25) is 0 Å². The number of ether oxygens (including phenoxy) is 3. The van der Waals surface area contributed by atoms with Gasteiger partial charge in [0, 0.05) is 35.0 Å². The lowest BCUT2D eigenvalue weighted by molar-refractivity contribution is -0.341. The van der Waals surface area contributed by atoms with Gasteiger partial charge in [-0.3, -0.25) is 14.1 Å². The number of aliphatic hydroxyl groups excluding tert-OH is 1. The van der Waals surface area contributed by atoms with E-state index in [1.807, 2.05) is 17.5 Å². The van der Waals surface area contributed by atoms with Crippen LogP contribution in [0.25, 0.3) is 0 Å². The first-order valence-corrected chi connectivity index (χ1v) is 17.4. The fraction of sp³-hybridized carbons (Fsp3) is 0.710. The van der Waals surface area contributed by atoms with Gasteiger partial charge in [-0.25, -0.2) is 4.57 Å². The summed E-state index contributed by atoms with van der Waals surface area (Å²) >= 11 is 1.42. The molecule has 3 fully saturated rings. The number of phosphoric acid groups is 1. The van der Waals surface area contributed by atoms with Crippen molar-refractivity contribution in [3.63, 3.8) is 0 Å². The molecule has 1 aromatic heterocycles.